The summed E-state index contributed by atoms with van der Waals surface area (Å²) < 4.78 is 0. The van der Waals surface area contributed by atoms with Crippen molar-refractivity contribution in [2.45, 2.75) is 0 Å². The Kier molecular flexibility index (Phi) is 6.33. The van der Waals surface area contributed by atoms with Gasteiger partial charge in [-0.2, -0.15) is 0 Å². The Morgan fingerprint density at radius 1 is 0.288 bits per heavy atom. The summed E-state index contributed by atoms with van der Waals surface area (Å²) in [5, 5.41) is 19.5. The maximum atomic E-state index is 5.39. The average molecular weight is 677 g/mol. The summed E-state index contributed by atoms with van der Waals surface area (Å²) >= 11 is 0. The molecule has 0 aliphatic rings. The zero-order valence-electron chi connectivity index (χ0n) is 28.6. The van der Waals surface area contributed by atoms with Crippen molar-refractivity contribution in [1.82, 2.24) is 0 Å². The molecule has 0 radical (unpaired) electrons. The van der Waals surface area contributed by atoms with Gasteiger partial charge in [-0.05, 0) is 110 Å². The van der Waals surface area contributed by atoms with E-state index in [-0.39, 0.29) is 0 Å². The first-order valence-corrected chi connectivity index (χ1v) is 20.0. The van der Waals surface area contributed by atoms with Crippen LogP contribution in [-0.2, 0) is 0 Å². The molecule has 0 aliphatic carbocycles. The van der Waals surface area contributed by atoms with Gasteiger partial charge in [0.2, 0.25) is 0 Å². The van der Waals surface area contributed by atoms with Crippen LogP contribution in [0.25, 0.3) is 86.9 Å². The van der Waals surface area contributed by atoms with E-state index in [9.17, 15) is 0 Å². The Bertz CT molecular complexity index is 2980. The zero-order chi connectivity index (χ0) is 34.4. The molecule has 242 valence electrons. The van der Waals surface area contributed by atoms with Crippen LogP contribution in [0.3, 0.4) is 0 Å². The Hall–Kier alpha value is -6.20. The Morgan fingerprint density at radius 3 is 1.04 bits per heavy atom. The van der Waals surface area contributed by atoms with Gasteiger partial charge >= 0.3 is 0 Å². The molecule has 0 spiro atoms. The topological polar surface area (TPSA) is 0 Å². The molecule has 1 heteroatoms. The van der Waals surface area contributed by atoms with Crippen LogP contribution >= 0.6 is 6.89 Å². The molecule has 0 aliphatic heterocycles. The largest absolute Gasteiger partial charge is 0.0886 e. The summed E-state index contributed by atoms with van der Waals surface area (Å²) in [6, 6.07) is 70.0. The van der Waals surface area contributed by atoms with E-state index in [0.717, 1.165) is 0 Å². The first kappa shape index (κ1) is 29.5. The third-order valence-electron chi connectivity index (χ3n) is 11.5. The van der Waals surface area contributed by atoms with E-state index < -0.39 is 6.89 Å². The molecule has 0 fully saturated rings. The summed E-state index contributed by atoms with van der Waals surface area (Å²) in [4.78, 5) is 0. The predicted octanol–water partition coefficient (Wildman–Crippen LogP) is 12.5. The maximum absolute atomic E-state index is 5.39. The van der Waals surface area contributed by atoms with Crippen molar-refractivity contribution < 1.29 is 0 Å². The fourth-order valence-corrected chi connectivity index (χ4v) is 12.4. The lowest BCUT2D eigenvalue weighted by molar-refractivity contribution is 1.66. The molecular formula is C51H33P. The molecule has 0 nitrogen and oxygen atoms in total. The molecule has 0 bridgehead atoms. The SMILES string of the molecule is C=P(c1ccccc1)(c1ccc2ccc3c(-c4ccccc4)ccc4ccc1c2c43)c1ccc2ccc3c(-c4ccccc4)ccc4ccc1c2c43. The monoisotopic (exact) mass is 676 g/mol. The van der Waals surface area contributed by atoms with Crippen LogP contribution in [0.5, 0.6) is 0 Å². The smallest absolute Gasteiger partial charge is 0.00200 e. The highest BCUT2D eigenvalue weighted by Crippen LogP contribution is 2.50. The molecule has 11 aromatic rings. The third kappa shape index (κ3) is 4.11. The van der Waals surface area contributed by atoms with Crippen molar-refractivity contribution >= 4 is 93.7 Å². The number of benzene rings is 11. The van der Waals surface area contributed by atoms with Crippen molar-refractivity contribution in [2.24, 2.45) is 0 Å². The normalized spacial score (nSPS) is 12.3. The van der Waals surface area contributed by atoms with Crippen molar-refractivity contribution in [3.8, 4) is 22.3 Å². The van der Waals surface area contributed by atoms with E-state index in [1.165, 1.54) is 103 Å². The van der Waals surface area contributed by atoms with Crippen molar-refractivity contribution in [3.05, 3.63) is 188 Å². The van der Waals surface area contributed by atoms with Crippen LogP contribution in [0.4, 0.5) is 0 Å². The van der Waals surface area contributed by atoms with E-state index in [2.05, 4.69) is 188 Å². The van der Waals surface area contributed by atoms with Gasteiger partial charge in [0, 0.05) is 0 Å². The van der Waals surface area contributed by atoms with Crippen LogP contribution < -0.4 is 15.9 Å². The summed E-state index contributed by atoms with van der Waals surface area (Å²) in [5.74, 6) is 0. The number of rotatable bonds is 5. The average Bonchev–Trinajstić information content (AvgIpc) is 3.22. The Morgan fingerprint density at radius 2 is 0.615 bits per heavy atom. The van der Waals surface area contributed by atoms with Crippen LogP contribution in [0.2, 0.25) is 0 Å². The first-order valence-electron chi connectivity index (χ1n) is 18.0. The number of hydrogen-bond donors (Lipinski definition) is 0. The van der Waals surface area contributed by atoms with Gasteiger partial charge < -0.3 is 0 Å². The summed E-state index contributed by atoms with van der Waals surface area (Å²) in [6.07, 6.45) is 5.39. The van der Waals surface area contributed by atoms with Gasteiger partial charge in [-0.1, -0.05) is 194 Å². The lowest BCUT2D eigenvalue weighted by Gasteiger charge is -2.30. The van der Waals surface area contributed by atoms with Crippen LogP contribution in [0.1, 0.15) is 0 Å². The van der Waals surface area contributed by atoms with Crippen LogP contribution in [-0.4, -0.2) is 6.30 Å². The molecule has 0 aromatic heterocycles. The van der Waals surface area contributed by atoms with Gasteiger partial charge in [0.25, 0.3) is 0 Å². The van der Waals surface area contributed by atoms with Crippen LogP contribution in [0, 0.1) is 0 Å². The number of hydrogen-bond acceptors (Lipinski definition) is 0. The van der Waals surface area contributed by atoms with Crippen LogP contribution in [0.15, 0.2) is 188 Å². The molecule has 52 heavy (non-hydrogen) atoms. The minimum atomic E-state index is -2.43. The second-order valence-electron chi connectivity index (χ2n) is 14.1. The summed E-state index contributed by atoms with van der Waals surface area (Å²) in [6.45, 7) is -2.43. The molecular weight excluding hydrogens is 644 g/mol. The van der Waals surface area contributed by atoms with Gasteiger partial charge in [0.1, 0.15) is 0 Å². The molecule has 0 amide bonds. The minimum absolute atomic E-state index is 1.24. The zero-order valence-corrected chi connectivity index (χ0v) is 29.4. The quantitative estimate of drug-likeness (QED) is 0.126. The summed E-state index contributed by atoms with van der Waals surface area (Å²) in [7, 11) is 0. The molecule has 0 saturated carbocycles. The standard InChI is InChI=1S/C51H33P/c1-52(39-15-9-4-10-16-39,46-31-23-37-19-27-42-40(33-11-5-2-6-12-33)25-17-35-21-29-44(46)50(37)48(35)42)47-32-24-38-20-28-43-41(34-13-7-3-8-14-34)26-18-36-22-30-45(47)51(38)49(36)43/h2-32H,1H2. The molecule has 0 N–H and O–H groups in total. The van der Waals surface area contributed by atoms with Gasteiger partial charge in [-0.15, -0.1) is 0 Å². The lowest BCUT2D eigenvalue weighted by Crippen LogP contribution is -2.26. The molecule has 11 aromatic carbocycles. The predicted molar refractivity (Wildman–Crippen MR) is 231 cm³/mol. The van der Waals surface area contributed by atoms with Gasteiger partial charge in [-0.3, -0.25) is 0 Å². The summed E-state index contributed by atoms with van der Waals surface area (Å²) in [5.41, 5.74) is 5.03. The second-order valence-corrected chi connectivity index (χ2v) is 17.2. The molecule has 0 atom stereocenters. The maximum Gasteiger partial charge on any atom is -0.00200 e. The lowest BCUT2D eigenvalue weighted by atomic mass is 9.90. The highest BCUT2D eigenvalue weighted by molar-refractivity contribution is 7.94. The van der Waals surface area contributed by atoms with E-state index >= 15 is 0 Å². The fraction of sp³-hybridized carbons (Fsp3) is 0. The molecule has 0 saturated heterocycles. The molecule has 11 rings (SSSR count). The van der Waals surface area contributed by atoms with Gasteiger partial charge in [-0.25, -0.2) is 0 Å². The highest BCUT2D eigenvalue weighted by atomic mass is 31.2. The van der Waals surface area contributed by atoms with Crippen molar-refractivity contribution in [1.29, 1.82) is 0 Å². The van der Waals surface area contributed by atoms with Crippen molar-refractivity contribution in [2.75, 3.05) is 0 Å². The fourth-order valence-electron chi connectivity index (χ4n) is 9.07. The Labute approximate surface area is 302 Å². The van der Waals surface area contributed by atoms with E-state index in [1.54, 1.807) is 0 Å². The van der Waals surface area contributed by atoms with E-state index in [1.807, 2.05) is 0 Å². The minimum Gasteiger partial charge on any atom is -0.0886 e. The Balaban J connectivity index is 1.24. The highest BCUT2D eigenvalue weighted by Gasteiger charge is 2.28. The van der Waals surface area contributed by atoms with Gasteiger partial charge in [0.05, 0.1) is 0 Å². The van der Waals surface area contributed by atoms with E-state index in [0.29, 0.717) is 0 Å². The third-order valence-corrected chi connectivity index (χ3v) is 15.1. The second kappa shape index (κ2) is 11.1. The van der Waals surface area contributed by atoms with Crippen molar-refractivity contribution in [3.63, 3.8) is 0 Å². The molecule has 0 heterocycles. The van der Waals surface area contributed by atoms with E-state index in [4.69, 9.17) is 6.30 Å². The van der Waals surface area contributed by atoms with Gasteiger partial charge in [0.15, 0.2) is 0 Å². The molecule has 0 unspecified atom stereocenters. The first-order chi connectivity index (χ1) is 25.7.